The van der Waals surface area contributed by atoms with Crippen LogP contribution < -0.4 is 0 Å². The molecule has 0 fully saturated rings. The van der Waals surface area contributed by atoms with Crippen molar-refractivity contribution in [3.8, 4) is 0 Å². The highest BCUT2D eigenvalue weighted by Gasteiger charge is 2.13. The fraction of sp³-hybridized carbons (Fsp3) is 0.848. The van der Waals surface area contributed by atoms with E-state index in [1.54, 1.807) is 0 Å². The van der Waals surface area contributed by atoms with Gasteiger partial charge in [0.25, 0.3) is 0 Å². The molecule has 0 aromatic heterocycles. The van der Waals surface area contributed by atoms with Crippen molar-refractivity contribution in [3.05, 3.63) is 36.5 Å². The maximum atomic E-state index is 12.2. The average Bonchev–Trinajstić information content (AvgIpc) is 3.12. The minimum atomic E-state index is -0.538. The molecule has 0 aliphatic carbocycles. The Labute approximate surface area is 312 Å². The lowest BCUT2D eigenvalue weighted by Gasteiger charge is -2.16. The minimum Gasteiger partial charge on any atom is -0.457 e. The molecule has 0 saturated carbocycles. The number of aliphatic hydroxyl groups is 1. The lowest BCUT2D eigenvalue weighted by molar-refractivity contribution is -0.154. The number of hydrogen-bond donors (Lipinski definition) is 1. The van der Waals surface area contributed by atoms with E-state index in [4.69, 9.17) is 9.47 Å². The van der Waals surface area contributed by atoms with Gasteiger partial charge in [-0.3, -0.25) is 4.79 Å². The van der Waals surface area contributed by atoms with Crippen molar-refractivity contribution in [2.75, 3.05) is 19.8 Å². The summed E-state index contributed by atoms with van der Waals surface area (Å²) in [5, 5.41) is 9.61. The number of allylic oxidation sites excluding steroid dienone is 6. The van der Waals surface area contributed by atoms with Crippen molar-refractivity contribution < 1.29 is 19.4 Å². The number of hydrogen-bond acceptors (Lipinski definition) is 4. The van der Waals surface area contributed by atoms with Crippen molar-refractivity contribution in [2.45, 2.75) is 232 Å². The molecular formula is C46H86O4. The number of esters is 1. The number of ether oxygens (including phenoxy) is 2. The molecule has 0 aliphatic heterocycles. The van der Waals surface area contributed by atoms with Gasteiger partial charge < -0.3 is 14.6 Å². The maximum absolute atomic E-state index is 12.2. The van der Waals surface area contributed by atoms with E-state index >= 15 is 0 Å². The fourth-order valence-electron chi connectivity index (χ4n) is 6.39. The third-order valence-corrected chi connectivity index (χ3v) is 9.72. The summed E-state index contributed by atoms with van der Waals surface area (Å²) in [4.78, 5) is 12.2. The zero-order chi connectivity index (χ0) is 36.3. The second-order valence-corrected chi connectivity index (χ2v) is 14.8. The van der Waals surface area contributed by atoms with Crippen LogP contribution in [0.3, 0.4) is 0 Å². The first kappa shape index (κ1) is 48.6. The monoisotopic (exact) mass is 703 g/mol. The quantitative estimate of drug-likeness (QED) is 0.0391. The van der Waals surface area contributed by atoms with Crippen LogP contribution >= 0.6 is 0 Å². The van der Waals surface area contributed by atoms with Crippen LogP contribution in [0.1, 0.15) is 226 Å². The molecule has 4 heteroatoms. The van der Waals surface area contributed by atoms with E-state index in [2.05, 4.69) is 50.3 Å². The fourth-order valence-corrected chi connectivity index (χ4v) is 6.39. The summed E-state index contributed by atoms with van der Waals surface area (Å²) in [6.45, 7) is 5.35. The van der Waals surface area contributed by atoms with Crippen molar-refractivity contribution in [2.24, 2.45) is 0 Å². The summed E-state index contributed by atoms with van der Waals surface area (Å²) in [6, 6.07) is 0. The molecule has 294 valence electrons. The zero-order valence-corrected chi connectivity index (χ0v) is 33.7. The van der Waals surface area contributed by atoms with Crippen molar-refractivity contribution in [1.82, 2.24) is 0 Å². The largest absolute Gasteiger partial charge is 0.457 e. The summed E-state index contributed by atoms with van der Waals surface area (Å²) in [5.74, 6) is -0.210. The lowest BCUT2D eigenvalue weighted by atomic mass is 10.0. The van der Waals surface area contributed by atoms with Crippen LogP contribution in [0.25, 0.3) is 0 Å². The predicted octanol–water partition coefficient (Wildman–Crippen LogP) is 14.5. The number of rotatable bonds is 41. The first-order chi connectivity index (χ1) is 24.7. The van der Waals surface area contributed by atoms with Gasteiger partial charge in [-0.25, -0.2) is 0 Å². The molecule has 0 spiro atoms. The second kappa shape index (κ2) is 43.8. The molecule has 50 heavy (non-hydrogen) atoms. The number of carbonyl (C=O) groups excluding carboxylic acids is 1. The Hall–Kier alpha value is -1.39. The van der Waals surface area contributed by atoms with Crippen molar-refractivity contribution in [3.63, 3.8) is 0 Å². The topological polar surface area (TPSA) is 55.8 Å². The molecule has 0 amide bonds. The highest BCUT2D eigenvalue weighted by Crippen LogP contribution is 2.15. The number of aliphatic hydroxyl groups excluding tert-OH is 1. The SMILES string of the molecule is CCCCCCC/C=C\C/C=C\C/C=C\CCCCCCCCC(=O)OC(CO)COCCCCCCCCCCCCCCCCCCC. The number of carbonyl (C=O) groups is 1. The zero-order valence-electron chi connectivity index (χ0n) is 33.7. The van der Waals surface area contributed by atoms with Gasteiger partial charge in [0.2, 0.25) is 0 Å². The molecule has 0 rings (SSSR count). The molecule has 1 unspecified atom stereocenters. The molecule has 1 atom stereocenters. The Bertz CT molecular complexity index is 742. The van der Waals surface area contributed by atoms with Crippen molar-refractivity contribution in [1.29, 1.82) is 0 Å². The highest BCUT2D eigenvalue weighted by atomic mass is 16.6. The van der Waals surface area contributed by atoms with Gasteiger partial charge in [-0.1, -0.05) is 204 Å². The first-order valence-corrected chi connectivity index (χ1v) is 22.1. The summed E-state index contributed by atoms with van der Waals surface area (Å²) >= 11 is 0. The van der Waals surface area contributed by atoms with Gasteiger partial charge in [0.05, 0.1) is 13.2 Å². The average molecular weight is 703 g/mol. The highest BCUT2D eigenvalue weighted by molar-refractivity contribution is 5.69. The Morgan fingerprint density at radius 1 is 0.480 bits per heavy atom. The van der Waals surface area contributed by atoms with Gasteiger partial charge in [0.1, 0.15) is 6.10 Å². The maximum Gasteiger partial charge on any atom is 0.306 e. The van der Waals surface area contributed by atoms with E-state index in [0.717, 1.165) is 44.9 Å². The Balaban J connectivity index is 3.45. The summed E-state index contributed by atoms with van der Waals surface area (Å²) in [6.07, 6.45) is 54.9. The molecule has 1 N–H and O–H groups in total. The molecule has 0 heterocycles. The van der Waals surface area contributed by atoms with Crippen LogP contribution in [0.15, 0.2) is 36.5 Å². The summed E-state index contributed by atoms with van der Waals surface area (Å²) in [7, 11) is 0. The minimum absolute atomic E-state index is 0.174. The molecule has 0 saturated heterocycles. The Morgan fingerprint density at radius 3 is 1.26 bits per heavy atom. The molecule has 0 bridgehead atoms. The normalized spacial score (nSPS) is 12.6. The van der Waals surface area contributed by atoms with Gasteiger partial charge in [0.15, 0.2) is 0 Å². The van der Waals surface area contributed by atoms with Crippen LogP contribution in [0.4, 0.5) is 0 Å². The molecule has 0 radical (unpaired) electrons. The first-order valence-electron chi connectivity index (χ1n) is 22.1. The van der Waals surface area contributed by atoms with Crippen LogP contribution in [0.5, 0.6) is 0 Å². The smallest absolute Gasteiger partial charge is 0.306 e. The molecule has 0 aromatic carbocycles. The Morgan fingerprint density at radius 2 is 0.840 bits per heavy atom. The van der Waals surface area contributed by atoms with E-state index in [0.29, 0.717) is 19.6 Å². The third kappa shape index (κ3) is 41.0. The van der Waals surface area contributed by atoms with Gasteiger partial charge in [0, 0.05) is 13.0 Å². The van der Waals surface area contributed by atoms with Gasteiger partial charge in [-0.2, -0.15) is 0 Å². The van der Waals surface area contributed by atoms with Gasteiger partial charge in [-0.05, 0) is 51.4 Å². The van der Waals surface area contributed by atoms with Gasteiger partial charge in [-0.15, -0.1) is 0 Å². The number of unbranched alkanes of at least 4 members (excludes halogenated alkanes) is 27. The lowest BCUT2D eigenvalue weighted by Crippen LogP contribution is -2.27. The molecule has 0 aromatic rings. The molecular weight excluding hydrogens is 617 g/mol. The summed E-state index contributed by atoms with van der Waals surface area (Å²) < 4.78 is 11.2. The van der Waals surface area contributed by atoms with Crippen LogP contribution in [-0.2, 0) is 14.3 Å². The second-order valence-electron chi connectivity index (χ2n) is 14.8. The molecule has 0 aliphatic rings. The van der Waals surface area contributed by atoms with E-state index in [1.165, 1.54) is 161 Å². The third-order valence-electron chi connectivity index (χ3n) is 9.72. The van der Waals surface area contributed by atoms with Crippen LogP contribution in [0, 0.1) is 0 Å². The predicted molar refractivity (Wildman–Crippen MR) is 219 cm³/mol. The van der Waals surface area contributed by atoms with Gasteiger partial charge >= 0.3 is 5.97 Å². The standard InChI is InChI=1S/C46H86O4/c1-3-5-7-9-11-13-15-17-19-21-22-23-24-25-27-29-31-33-35-37-39-41-46(48)50-45(43-47)44-49-42-40-38-36-34-32-30-28-26-20-18-16-14-12-10-8-6-4-2/h15,17,21-22,24-25,45,47H,3-14,16,18-20,23,26-44H2,1-2H3/b17-15-,22-21-,25-24-. The van der Waals surface area contributed by atoms with E-state index in [1.807, 2.05) is 0 Å². The van der Waals surface area contributed by atoms with E-state index < -0.39 is 6.10 Å². The van der Waals surface area contributed by atoms with E-state index in [9.17, 15) is 9.90 Å². The van der Waals surface area contributed by atoms with Crippen LogP contribution in [0.2, 0.25) is 0 Å². The van der Waals surface area contributed by atoms with Crippen molar-refractivity contribution >= 4 is 5.97 Å². The Kier molecular flexibility index (Phi) is 42.6. The van der Waals surface area contributed by atoms with Crippen LogP contribution in [-0.4, -0.2) is 37.0 Å². The van der Waals surface area contributed by atoms with E-state index in [-0.39, 0.29) is 12.6 Å². The summed E-state index contributed by atoms with van der Waals surface area (Å²) in [5.41, 5.74) is 0. The molecule has 4 nitrogen and oxygen atoms in total.